The molecule has 4 aromatic rings. The molecular formula is C27H31FN6O2. The highest BCUT2D eigenvalue weighted by atomic mass is 19.1. The van der Waals surface area contributed by atoms with Gasteiger partial charge in [-0.25, -0.2) is 13.7 Å². The molecule has 36 heavy (non-hydrogen) atoms. The number of aryl methyl sites for hydroxylation is 2. The first kappa shape index (κ1) is 22.9. The van der Waals surface area contributed by atoms with Gasteiger partial charge in [-0.2, -0.15) is 10.2 Å². The standard InChI is InChI=1S/C27H31FN6O2/c1-16-14-34-23(17(2)29-16)12-22(30-34)18-10-19-15-33(31-24(19)21(28)11-18)20-6-9-32(27(13-20)7-8-27)25(35)36-26(3,4)5/h10-12,14-15,20H,6-9,13H2,1-5H3/t20-/m1/s1. The van der Waals surface area contributed by atoms with E-state index < -0.39 is 5.60 Å². The van der Waals surface area contributed by atoms with E-state index in [1.54, 1.807) is 4.52 Å². The summed E-state index contributed by atoms with van der Waals surface area (Å²) in [6.45, 7) is 10.2. The number of hydrogen-bond donors (Lipinski definition) is 0. The van der Waals surface area contributed by atoms with Crippen molar-refractivity contribution in [3.8, 4) is 11.3 Å². The molecule has 1 saturated heterocycles. The van der Waals surface area contributed by atoms with E-state index in [9.17, 15) is 4.79 Å². The highest BCUT2D eigenvalue weighted by Gasteiger charge is 2.54. The first-order chi connectivity index (χ1) is 17.0. The Morgan fingerprint density at radius 2 is 1.92 bits per heavy atom. The van der Waals surface area contributed by atoms with Crippen LogP contribution in [-0.4, -0.2) is 53.1 Å². The van der Waals surface area contributed by atoms with E-state index in [-0.39, 0.29) is 23.5 Å². The lowest BCUT2D eigenvalue weighted by Gasteiger charge is -2.40. The molecule has 0 bridgehead atoms. The number of amides is 1. The minimum Gasteiger partial charge on any atom is -0.444 e. The third-order valence-electron chi connectivity index (χ3n) is 7.32. The van der Waals surface area contributed by atoms with Crippen LogP contribution < -0.4 is 0 Å². The third kappa shape index (κ3) is 3.90. The molecule has 1 aromatic carbocycles. The smallest absolute Gasteiger partial charge is 0.410 e. The van der Waals surface area contributed by atoms with Crippen LogP contribution in [0.3, 0.4) is 0 Å². The summed E-state index contributed by atoms with van der Waals surface area (Å²) in [5, 5.41) is 10.0. The van der Waals surface area contributed by atoms with Crippen molar-refractivity contribution < 1.29 is 13.9 Å². The fourth-order valence-corrected chi connectivity index (χ4v) is 5.49. The number of rotatable bonds is 2. The van der Waals surface area contributed by atoms with E-state index in [0.717, 1.165) is 48.0 Å². The molecule has 1 aliphatic heterocycles. The second kappa shape index (κ2) is 7.75. The Labute approximate surface area is 209 Å². The summed E-state index contributed by atoms with van der Waals surface area (Å²) in [7, 11) is 0. The molecule has 188 valence electrons. The molecular weight excluding hydrogens is 459 g/mol. The molecule has 9 heteroatoms. The maximum atomic E-state index is 15.2. The van der Waals surface area contributed by atoms with Crippen LogP contribution in [0.5, 0.6) is 0 Å². The highest BCUT2D eigenvalue weighted by Crippen LogP contribution is 2.51. The van der Waals surface area contributed by atoms with Crippen molar-refractivity contribution >= 4 is 22.5 Å². The number of likely N-dealkylation sites (tertiary alicyclic amines) is 1. The van der Waals surface area contributed by atoms with Crippen LogP contribution in [0.1, 0.15) is 63.9 Å². The fourth-order valence-electron chi connectivity index (χ4n) is 5.49. The molecule has 1 amide bonds. The predicted octanol–water partition coefficient (Wildman–Crippen LogP) is 5.61. The lowest BCUT2D eigenvalue weighted by Crippen LogP contribution is -2.50. The van der Waals surface area contributed by atoms with Crippen molar-refractivity contribution in [2.24, 2.45) is 0 Å². The Morgan fingerprint density at radius 3 is 2.64 bits per heavy atom. The quantitative estimate of drug-likeness (QED) is 0.365. The summed E-state index contributed by atoms with van der Waals surface area (Å²) in [6.07, 6.45) is 7.03. The molecule has 6 rings (SSSR count). The number of ether oxygens (including phenoxy) is 1. The van der Waals surface area contributed by atoms with Gasteiger partial charge >= 0.3 is 6.09 Å². The molecule has 1 saturated carbocycles. The molecule has 2 aliphatic rings. The molecule has 8 nitrogen and oxygen atoms in total. The monoisotopic (exact) mass is 490 g/mol. The second-order valence-electron chi connectivity index (χ2n) is 11.3. The van der Waals surface area contributed by atoms with Gasteiger partial charge in [0.25, 0.3) is 0 Å². The van der Waals surface area contributed by atoms with Crippen molar-refractivity contribution in [2.75, 3.05) is 6.54 Å². The molecule has 0 N–H and O–H groups in total. The van der Waals surface area contributed by atoms with Crippen molar-refractivity contribution in [3.63, 3.8) is 0 Å². The number of fused-ring (bicyclic) bond motifs is 2. The van der Waals surface area contributed by atoms with Crippen molar-refractivity contribution in [2.45, 2.75) is 77.5 Å². The summed E-state index contributed by atoms with van der Waals surface area (Å²) in [5.41, 5.74) is 3.73. The number of hydrogen-bond acceptors (Lipinski definition) is 5. The highest BCUT2D eigenvalue weighted by molar-refractivity contribution is 5.85. The maximum Gasteiger partial charge on any atom is 0.410 e. The van der Waals surface area contributed by atoms with Crippen molar-refractivity contribution in [1.29, 1.82) is 0 Å². The van der Waals surface area contributed by atoms with Gasteiger partial charge in [0.05, 0.1) is 34.8 Å². The summed E-state index contributed by atoms with van der Waals surface area (Å²) >= 11 is 0. The van der Waals surface area contributed by atoms with Crippen LogP contribution >= 0.6 is 0 Å². The van der Waals surface area contributed by atoms with Gasteiger partial charge in [-0.3, -0.25) is 9.67 Å². The van der Waals surface area contributed by atoms with Gasteiger partial charge in [-0.1, -0.05) is 0 Å². The van der Waals surface area contributed by atoms with E-state index in [1.807, 2.05) is 68.7 Å². The number of benzene rings is 1. The van der Waals surface area contributed by atoms with Gasteiger partial charge < -0.3 is 9.64 Å². The summed E-state index contributed by atoms with van der Waals surface area (Å²) in [5.74, 6) is -0.364. The minimum atomic E-state index is -0.520. The molecule has 0 unspecified atom stereocenters. The zero-order valence-electron chi connectivity index (χ0n) is 21.4. The summed E-state index contributed by atoms with van der Waals surface area (Å²) in [4.78, 5) is 19.2. The summed E-state index contributed by atoms with van der Waals surface area (Å²) in [6, 6.07) is 5.50. The Hall–Kier alpha value is -3.49. The van der Waals surface area contributed by atoms with Crippen LogP contribution in [0.25, 0.3) is 27.7 Å². The number of aromatic nitrogens is 5. The second-order valence-corrected chi connectivity index (χ2v) is 11.3. The lowest BCUT2D eigenvalue weighted by atomic mass is 9.95. The van der Waals surface area contributed by atoms with E-state index in [1.165, 1.54) is 6.07 Å². The van der Waals surface area contributed by atoms with Crippen LogP contribution in [0, 0.1) is 19.7 Å². The Bertz CT molecular complexity index is 1510. The third-order valence-corrected chi connectivity index (χ3v) is 7.32. The average molecular weight is 491 g/mol. The van der Waals surface area contributed by atoms with Gasteiger partial charge in [-0.05, 0) is 78.5 Å². The fraction of sp³-hybridized carbons (Fsp3) is 0.481. The molecule has 1 atom stereocenters. The number of carbonyl (C=O) groups is 1. The van der Waals surface area contributed by atoms with Gasteiger partial charge in [0, 0.05) is 29.2 Å². The predicted molar refractivity (Wildman–Crippen MR) is 134 cm³/mol. The first-order valence-corrected chi connectivity index (χ1v) is 12.5. The number of halogens is 1. The number of carbonyl (C=O) groups excluding carboxylic acids is 1. The van der Waals surface area contributed by atoms with E-state index in [4.69, 9.17) is 4.74 Å². The van der Waals surface area contributed by atoms with Gasteiger partial charge in [0.2, 0.25) is 0 Å². The van der Waals surface area contributed by atoms with Crippen LogP contribution in [0.2, 0.25) is 0 Å². The molecule has 2 fully saturated rings. The minimum absolute atomic E-state index is 0.105. The Balaban J connectivity index is 1.29. The Morgan fingerprint density at radius 1 is 1.14 bits per heavy atom. The van der Waals surface area contributed by atoms with Gasteiger partial charge in [0.1, 0.15) is 11.1 Å². The van der Waals surface area contributed by atoms with E-state index in [0.29, 0.717) is 23.3 Å². The zero-order valence-corrected chi connectivity index (χ0v) is 21.4. The van der Waals surface area contributed by atoms with Gasteiger partial charge in [-0.15, -0.1) is 0 Å². The Kier molecular flexibility index (Phi) is 4.94. The molecule has 3 aromatic heterocycles. The molecule has 1 aliphatic carbocycles. The maximum absolute atomic E-state index is 15.2. The van der Waals surface area contributed by atoms with Crippen molar-refractivity contribution in [1.82, 2.24) is 29.3 Å². The molecule has 0 radical (unpaired) electrons. The number of nitrogens with zero attached hydrogens (tertiary/aromatic N) is 6. The largest absolute Gasteiger partial charge is 0.444 e. The van der Waals surface area contributed by atoms with Crippen molar-refractivity contribution in [3.05, 3.63) is 47.8 Å². The molecule has 4 heterocycles. The SMILES string of the molecule is Cc1cn2nc(-c3cc(F)c4nn([C@@H]5CCN(C(=O)OC(C)(C)C)C6(CC6)C5)cc4c3)cc2c(C)n1. The summed E-state index contributed by atoms with van der Waals surface area (Å²) < 4.78 is 24.6. The van der Waals surface area contributed by atoms with Crippen LogP contribution in [-0.2, 0) is 4.74 Å². The first-order valence-electron chi connectivity index (χ1n) is 12.5. The van der Waals surface area contributed by atoms with E-state index in [2.05, 4.69) is 15.2 Å². The number of piperidine rings is 1. The van der Waals surface area contributed by atoms with Crippen LogP contribution in [0.15, 0.2) is 30.6 Å². The normalized spacial score (nSPS) is 19.4. The topological polar surface area (TPSA) is 77.6 Å². The lowest BCUT2D eigenvalue weighted by molar-refractivity contribution is 0.0000134. The van der Waals surface area contributed by atoms with Gasteiger partial charge in [0.15, 0.2) is 5.82 Å². The zero-order chi connectivity index (χ0) is 25.4. The average Bonchev–Trinajstić information content (AvgIpc) is 3.20. The van der Waals surface area contributed by atoms with Crippen LogP contribution in [0.4, 0.5) is 9.18 Å². The molecule has 1 spiro atoms. The van der Waals surface area contributed by atoms with E-state index >= 15 is 4.39 Å².